The molecule has 3 N–H and O–H groups in total. The first-order valence-electron chi connectivity index (χ1n) is 10.1. The van der Waals surface area contributed by atoms with Crippen molar-refractivity contribution in [2.45, 2.75) is 52.0 Å². The number of hydrogen-bond acceptors (Lipinski definition) is 3. The number of nitrogens with zero attached hydrogens (tertiary/aromatic N) is 1. The predicted molar refractivity (Wildman–Crippen MR) is 126 cm³/mol. The van der Waals surface area contributed by atoms with Crippen LogP contribution in [0.1, 0.15) is 51.0 Å². The summed E-state index contributed by atoms with van der Waals surface area (Å²) in [6, 6.07) is 7.97. The Morgan fingerprint density at radius 2 is 2.00 bits per heavy atom. The third-order valence-corrected chi connectivity index (χ3v) is 4.75. The van der Waals surface area contributed by atoms with E-state index in [9.17, 15) is 4.79 Å². The van der Waals surface area contributed by atoms with Crippen LogP contribution in [0.2, 0.25) is 0 Å². The van der Waals surface area contributed by atoms with Crippen molar-refractivity contribution in [2.75, 3.05) is 32.1 Å². The van der Waals surface area contributed by atoms with E-state index in [2.05, 4.69) is 20.9 Å². The van der Waals surface area contributed by atoms with E-state index >= 15 is 0 Å². The second-order valence-corrected chi connectivity index (χ2v) is 6.99. The van der Waals surface area contributed by atoms with Gasteiger partial charge in [-0.15, -0.1) is 24.0 Å². The Balaban J connectivity index is 0.00000392. The van der Waals surface area contributed by atoms with Crippen molar-refractivity contribution in [1.29, 1.82) is 0 Å². The molecule has 6 nitrogen and oxygen atoms in total. The second kappa shape index (κ2) is 14.6. The number of methoxy groups -OCH3 is 1. The number of benzene rings is 1. The Bertz CT molecular complexity index is 604. The topological polar surface area (TPSA) is 74.8 Å². The Kier molecular flexibility index (Phi) is 12.9. The molecule has 0 heterocycles. The van der Waals surface area contributed by atoms with E-state index in [1.165, 1.54) is 6.42 Å². The van der Waals surface area contributed by atoms with Gasteiger partial charge in [-0.1, -0.05) is 31.4 Å². The number of halogens is 1. The normalized spacial score (nSPS) is 14.9. The number of ether oxygens (including phenoxy) is 1. The molecule has 7 heteroatoms. The van der Waals surface area contributed by atoms with E-state index in [0.29, 0.717) is 6.54 Å². The minimum absolute atomic E-state index is 0. The van der Waals surface area contributed by atoms with Crippen molar-refractivity contribution in [2.24, 2.45) is 10.9 Å². The summed E-state index contributed by atoms with van der Waals surface area (Å²) in [5.41, 5.74) is 1.93. The molecule has 0 radical (unpaired) electrons. The van der Waals surface area contributed by atoms with Gasteiger partial charge in [0.05, 0.1) is 6.54 Å². The molecule has 0 saturated heterocycles. The van der Waals surface area contributed by atoms with Crippen molar-refractivity contribution in [1.82, 2.24) is 10.6 Å². The summed E-state index contributed by atoms with van der Waals surface area (Å²) >= 11 is 0. The lowest BCUT2D eigenvalue weighted by Crippen LogP contribution is -2.38. The SMILES string of the molecule is CCNC(=NCc1cccc(NC(=O)C2CCCCC2)c1)NCCCOC.I. The molecule has 158 valence electrons. The zero-order chi connectivity index (χ0) is 19.3. The van der Waals surface area contributed by atoms with Gasteiger partial charge in [0.2, 0.25) is 5.91 Å². The third-order valence-electron chi connectivity index (χ3n) is 4.75. The first-order chi connectivity index (χ1) is 13.2. The molecule has 1 amide bonds. The van der Waals surface area contributed by atoms with Gasteiger partial charge in [0.15, 0.2) is 5.96 Å². The fraction of sp³-hybridized carbons (Fsp3) is 0.619. The van der Waals surface area contributed by atoms with Crippen molar-refractivity contribution in [3.05, 3.63) is 29.8 Å². The van der Waals surface area contributed by atoms with Crippen LogP contribution in [0.15, 0.2) is 29.3 Å². The second-order valence-electron chi connectivity index (χ2n) is 6.99. The summed E-state index contributed by atoms with van der Waals surface area (Å²) in [5, 5.41) is 9.63. The van der Waals surface area contributed by atoms with Crippen LogP contribution in [-0.2, 0) is 16.1 Å². The highest BCUT2D eigenvalue weighted by Crippen LogP contribution is 2.25. The highest BCUT2D eigenvalue weighted by Gasteiger charge is 2.20. The first-order valence-corrected chi connectivity index (χ1v) is 10.1. The van der Waals surface area contributed by atoms with Gasteiger partial charge >= 0.3 is 0 Å². The van der Waals surface area contributed by atoms with Gasteiger partial charge in [0, 0.05) is 38.4 Å². The summed E-state index contributed by atoms with van der Waals surface area (Å²) in [6.45, 7) is 4.97. The zero-order valence-corrected chi connectivity index (χ0v) is 19.5. The number of guanidine groups is 1. The maximum absolute atomic E-state index is 12.4. The highest BCUT2D eigenvalue weighted by molar-refractivity contribution is 14.0. The van der Waals surface area contributed by atoms with Gasteiger partial charge < -0.3 is 20.7 Å². The number of carbonyl (C=O) groups excluding carboxylic acids is 1. The molecular weight excluding hydrogens is 467 g/mol. The summed E-state index contributed by atoms with van der Waals surface area (Å²) in [6.07, 6.45) is 6.54. The van der Waals surface area contributed by atoms with Gasteiger partial charge in [0.1, 0.15) is 0 Å². The van der Waals surface area contributed by atoms with Gasteiger partial charge in [-0.2, -0.15) is 0 Å². The summed E-state index contributed by atoms with van der Waals surface area (Å²) < 4.78 is 5.07. The summed E-state index contributed by atoms with van der Waals surface area (Å²) in [4.78, 5) is 17.1. The molecule has 28 heavy (non-hydrogen) atoms. The first kappa shape index (κ1) is 24.7. The molecule has 0 aromatic heterocycles. The Morgan fingerprint density at radius 1 is 1.21 bits per heavy atom. The molecule has 0 aliphatic heterocycles. The lowest BCUT2D eigenvalue weighted by molar-refractivity contribution is -0.120. The standard InChI is InChI=1S/C21H34N4O2.HI/c1-3-22-21(23-13-8-14-27-2)24-16-17-9-7-12-19(15-17)25-20(26)18-10-5-4-6-11-18;/h7,9,12,15,18H,3-6,8,10-11,13-14,16H2,1-2H3,(H,25,26)(H2,22,23,24);1H. The molecule has 1 saturated carbocycles. The highest BCUT2D eigenvalue weighted by atomic mass is 127. The predicted octanol–water partition coefficient (Wildman–Crippen LogP) is 3.92. The third kappa shape index (κ3) is 9.23. The van der Waals surface area contributed by atoms with Crippen LogP contribution in [-0.4, -0.2) is 38.7 Å². The Morgan fingerprint density at radius 3 is 2.71 bits per heavy atom. The summed E-state index contributed by atoms with van der Waals surface area (Å²) in [7, 11) is 1.71. The molecule has 1 fully saturated rings. The molecule has 0 unspecified atom stereocenters. The molecule has 2 rings (SSSR count). The lowest BCUT2D eigenvalue weighted by Gasteiger charge is -2.20. The number of aliphatic imine (C=N–C) groups is 1. The zero-order valence-electron chi connectivity index (χ0n) is 17.1. The molecular formula is C21H35IN4O2. The van der Waals surface area contributed by atoms with Crippen LogP contribution in [0, 0.1) is 5.92 Å². The van der Waals surface area contributed by atoms with E-state index in [1.807, 2.05) is 31.2 Å². The van der Waals surface area contributed by atoms with Crippen molar-refractivity contribution in [3.63, 3.8) is 0 Å². The number of rotatable bonds is 9. The molecule has 1 aliphatic carbocycles. The number of hydrogen-bond donors (Lipinski definition) is 3. The van der Waals surface area contributed by atoms with Gasteiger partial charge in [-0.05, 0) is 43.9 Å². The fourth-order valence-electron chi connectivity index (χ4n) is 3.29. The number of carbonyl (C=O) groups is 1. The van der Waals surface area contributed by atoms with Crippen LogP contribution in [0.4, 0.5) is 5.69 Å². The minimum atomic E-state index is 0. The van der Waals surface area contributed by atoms with Gasteiger partial charge in [-0.3, -0.25) is 4.79 Å². The van der Waals surface area contributed by atoms with Gasteiger partial charge in [0.25, 0.3) is 0 Å². The Hall–Kier alpha value is -1.35. The minimum Gasteiger partial charge on any atom is -0.385 e. The van der Waals surface area contributed by atoms with Crippen molar-refractivity contribution >= 4 is 41.5 Å². The van der Waals surface area contributed by atoms with Crippen molar-refractivity contribution < 1.29 is 9.53 Å². The average molecular weight is 502 g/mol. The van der Waals surface area contributed by atoms with E-state index in [1.54, 1.807) is 7.11 Å². The van der Waals surface area contributed by atoms with Crippen LogP contribution in [0.25, 0.3) is 0 Å². The molecule has 1 aliphatic rings. The maximum atomic E-state index is 12.4. The average Bonchev–Trinajstić information content (AvgIpc) is 2.70. The molecule has 0 bridgehead atoms. The lowest BCUT2D eigenvalue weighted by atomic mass is 9.88. The number of nitrogens with one attached hydrogen (secondary N) is 3. The number of anilines is 1. The molecule has 1 aromatic rings. The van der Waals surface area contributed by atoms with E-state index < -0.39 is 0 Å². The van der Waals surface area contributed by atoms with Crippen molar-refractivity contribution in [3.8, 4) is 0 Å². The number of amides is 1. The van der Waals surface area contributed by atoms with Crippen LogP contribution in [0.5, 0.6) is 0 Å². The van der Waals surface area contributed by atoms with E-state index in [-0.39, 0.29) is 35.8 Å². The van der Waals surface area contributed by atoms with E-state index in [4.69, 9.17) is 4.74 Å². The van der Waals surface area contributed by atoms with E-state index in [0.717, 1.165) is 69.0 Å². The fourth-order valence-corrected chi connectivity index (χ4v) is 3.29. The summed E-state index contributed by atoms with van der Waals surface area (Å²) in [5.74, 6) is 1.12. The largest absolute Gasteiger partial charge is 0.385 e. The Labute approximate surface area is 186 Å². The molecule has 0 atom stereocenters. The smallest absolute Gasteiger partial charge is 0.227 e. The maximum Gasteiger partial charge on any atom is 0.227 e. The monoisotopic (exact) mass is 502 g/mol. The van der Waals surface area contributed by atoms with Crippen LogP contribution in [0.3, 0.4) is 0 Å². The van der Waals surface area contributed by atoms with Gasteiger partial charge in [-0.25, -0.2) is 4.99 Å². The van der Waals surface area contributed by atoms with Crippen LogP contribution < -0.4 is 16.0 Å². The quantitative estimate of drug-likeness (QED) is 0.207. The molecule has 0 spiro atoms. The molecule has 1 aromatic carbocycles. The van der Waals surface area contributed by atoms with Crippen LogP contribution >= 0.6 is 24.0 Å².